The summed E-state index contributed by atoms with van der Waals surface area (Å²) >= 11 is 0. The molecule has 0 fully saturated rings. The van der Waals surface area contributed by atoms with Crippen molar-refractivity contribution < 1.29 is 0 Å². The predicted octanol–water partition coefficient (Wildman–Crippen LogP) is 3.79. The maximum atomic E-state index is 6.32. The lowest BCUT2D eigenvalue weighted by Crippen LogP contribution is -2.31. The van der Waals surface area contributed by atoms with E-state index in [9.17, 15) is 0 Å². The molecule has 1 aromatic carbocycles. The molecule has 0 saturated heterocycles. The standard InChI is InChI=1S/C15H23N/c1-3-6-15(16)14-10-9-11(2)12-7-4-5-8-13(12)14/h4-5,7-8,11,14-15H,3,6,9-10,16H2,1-2H3. The van der Waals surface area contributed by atoms with Gasteiger partial charge in [-0.05, 0) is 42.2 Å². The third-order valence-corrected chi connectivity index (χ3v) is 3.98. The molecule has 0 amide bonds. The molecule has 0 bridgehead atoms. The fourth-order valence-electron chi connectivity index (χ4n) is 3.02. The van der Waals surface area contributed by atoms with E-state index in [1.807, 2.05) is 0 Å². The van der Waals surface area contributed by atoms with Gasteiger partial charge in [-0.2, -0.15) is 0 Å². The first-order valence-corrected chi connectivity index (χ1v) is 6.58. The Morgan fingerprint density at radius 2 is 1.94 bits per heavy atom. The van der Waals surface area contributed by atoms with Gasteiger partial charge in [-0.15, -0.1) is 0 Å². The average Bonchev–Trinajstić information content (AvgIpc) is 2.30. The van der Waals surface area contributed by atoms with Gasteiger partial charge < -0.3 is 5.73 Å². The lowest BCUT2D eigenvalue weighted by Gasteiger charge is -2.33. The average molecular weight is 217 g/mol. The molecule has 0 heterocycles. The molecule has 2 rings (SSSR count). The van der Waals surface area contributed by atoms with Crippen molar-refractivity contribution in [2.24, 2.45) is 5.73 Å². The molecular weight excluding hydrogens is 194 g/mol. The minimum Gasteiger partial charge on any atom is -0.327 e. The Labute approximate surface area is 99.0 Å². The highest BCUT2D eigenvalue weighted by molar-refractivity contribution is 5.36. The summed E-state index contributed by atoms with van der Waals surface area (Å²) in [6, 6.07) is 9.22. The third-order valence-electron chi connectivity index (χ3n) is 3.98. The summed E-state index contributed by atoms with van der Waals surface area (Å²) in [5.74, 6) is 1.30. The fraction of sp³-hybridized carbons (Fsp3) is 0.600. The number of hydrogen-bond acceptors (Lipinski definition) is 1. The van der Waals surface area contributed by atoms with Crippen LogP contribution in [0.4, 0.5) is 0 Å². The molecular formula is C15H23N. The first-order chi connectivity index (χ1) is 7.74. The molecule has 1 aliphatic rings. The van der Waals surface area contributed by atoms with Gasteiger partial charge in [0.05, 0.1) is 0 Å². The van der Waals surface area contributed by atoms with Crippen LogP contribution in [0, 0.1) is 0 Å². The van der Waals surface area contributed by atoms with Crippen LogP contribution < -0.4 is 5.73 Å². The quantitative estimate of drug-likeness (QED) is 0.819. The van der Waals surface area contributed by atoms with Crippen molar-refractivity contribution in [1.82, 2.24) is 0 Å². The van der Waals surface area contributed by atoms with E-state index < -0.39 is 0 Å². The van der Waals surface area contributed by atoms with E-state index >= 15 is 0 Å². The van der Waals surface area contributed by atoms with Crippen LogP contribution in [0.5, 0.6) is 0 Å². The van der Waals surface area contributed by atoms with Crippen molar-refractivity contribution >= 4 is 0 Å². The van der Waals surface area contributed by atoms with Crippen molar-refractivity contribution in [3.63, 3.8) is 0 Å². The van der Waals surface area contributed by atoms with Crippen LogP contribution in [-0.2, 0) is 0 Å². The molecule has 3 unspecified atom stereocenters. The second kappa shape index (κ2) is 5.01. The Hall–Kier alpha value is -0.820. The number of fused-ring (bicyclic) bond motifs is 1. The molecule has 0 aromatic heterocycles. The Kier molecular flexibility index (Phi) is 3.65. The molecule has 1 nitrogen and oxygen atoms in total. The van der Waals surface area contributed by atoms with Gasteiger partial charge in [-0.3, -0.25) is 0 Å². The first kappa shape index (κ1) is 11.7. The van der Waals surface area contributed by atoms with Crippen LogP contribution in [-0.4, -0.2) is 6.04 Å². The van der Waals surface area contributed by atoms with Gasteiger partial charge in [0, 0.05) is 6.04 Å². The van der Waals surface area contributed by atoms with Crippen molar-refractivity contribution in [3.8, 4) is 0 Å². The SMILES string of the molecule is CCCC(N)C1CCC(C)c2ccccc21. The summed E-state index contributed by atoms with van der Waals surface area (Å²) in [5, 5.41) is 0. The summed E-state index contributed by atoms with van der Waals surface area (Å²) in [5.41, 5.74) is 9.37. The van der Waals surface area contributed by atoms with Gasteiger partial charge in [-0.25, -0.2) is 0 Å². The number of hydrogen-bond donors (Lipinski definition) is 1. The highest BCUT2D eigenvalue weighted by Gasteiger charge is 2.27. The van der Waals surface area contributed by atoms with Crippen LogP contribution in [0.15, 0.2) is 24.3 Å². The maximum Gasteiger partial charge on any atom is 0.0108 e. The van der Waals surface area contributed by atoms with Gasteiger partial charge in [0.2, 0.25) is 0 Å². The lowest BCUT2D eigenvalue weighted by atomic mass is 9.74. The molecule has 0 aliphatic heterocycles. The van der Waals surface area contributed by atoms with E-state index in [0.29, 0.717) is 17.9 Å². The van der Waals surface area contributed by atoms with Crippen molar-refractivity contribution in [3.05, 3.63) is 35.4 Å². The van der Waals surface area contributed by atoms with Gasteiger partial charge in [-0.1, -0.05) is 44.5 Å². The first-order valence-electron chi connectivity index (χ1n) is 6.58. The molecule has 1 heteroatoms. The molecule has 16 heavy (non-hydrogen) atoms. The second-order valence-corrected chi connectivity index (χ2v) is 5.17. The smallest absolute Gasteiger partial charge is 0.0108 e. The molecule has 0 spiro atoms. The van der Waals surface area contributed by atoms with E-state index in [0.717, 1.165) is 6.42 Å². The zero-order valence-electron chi connectivity index (χ0n) is 10.4. The largest absolute Gasteiger partial charge is 0.327 e. The zero-order valence-corrected chi connectivity index (χ0v) is 10.4. The minimum absolute atomic E-state index is 0.346. The number of benzene rings is 1. The van der Waals surface area contributed by atoms with E-state index in [1.54, 1.807) is 0 Å². The fourth-order valence-corrected chi connectivity index (χ4v) is 3.02. The topological polar surface area (TPSA) is 26.0 Å². The van der Waals surface area contributed by atoms with Crippen LogP contribution in [0.25, 0.3) is 0 Å². The highest BCUT2D eigenvalue weighted by Crippen LogP contribution is 2.40. The normalized spacial score (nSPS) is 26.2. The summed E-state index contributed by atoms with van der Waals surface area (Å²) in [7, 11) is 0. The van der Waals surface area contributed by atoms with Crippen LogP contribution in [0.2, 0.25) is 0 Å². The Bertz CT molecular complexity index is 345. The Morgan fingerprint density at radius 1 is 1.25 bits per heavy atom. The molecule has 1 aliphatic carbocycles. The molecule has 3 atom stereocenters. The molecule has 2 N–H and O–H groups in total. The van der Waals surface area contributed by atoms with Crippen molar-refractivity contribution in [1.29, 1.82) is 0 Å². The molecule has 1 aromatic rings. The number of rotatable bonds is 3. The summed E-state index contributed by atoms with van der Waals surface area (Å²) in [4.78, 5) is 0. The Balaban J connectivity index is 2.27. The third kappa shape index (κ3) is 2.15. The maximum absolute atomic E-state index is 6.32. The molecule has 0 saturated carbocycles. The zero-order chi connectivity index (χ0) is 11.5. The van der Waals surface area contributed by atoms with Crippen molar-refractivity contribution in [2.75, 3.05) is 0 Å². The van der Waals surface area contributed by atoms with Gasteiger partial charge in [0.15, 0.2) is 0 Å². The summed E-state index contributed by atoms with van der Waals surface area (Å²) in [6.07, 6.45) is 4.89. The van der Waals surface area contributed by atoms with Gasteiger partial charge >= 0.3 is 0 Å². The van der Waals surface area contributed by atoms with Crippen molar-refractivity contribution in [2.45, 2.75) is 57.4 Å². The van der Waals surface area contributed by atoms with E-state index in [2.05, 4.69) is 38.1 Å². The minimum atomic E-state index is 0.346. The van der Waals surface area contributed by atoms with Gasteiger partial charge in [0.25, 0.3) is 0 Å². The summed E-state index contributed by atoms with van der Waals surface area (Å²) in [6.45, 7) is 4.55. The van der Waals surface area contributed by atoms with Crippen LogP contribution >= 0.6 is 0 Å². The molecule has 0 radical (unpaired) electrons. The monoisotopic (exact) mass is 217 g/mol. The predicted molar refractivity (Wildman–Crippen MR) is 69.7 cm³/mol. The highest BCUT2D eigenvalue weighted by atomic mass is 14.7. The molecule has 88 valence electrons. The van der Waals surface area contributed by atoms with E-state index in [4.69, 9.17) is 5.73 Å². The van der Waals surface area contributed by atoms with Gasteiger partial charge in [0.1, 0.15) is 0 Å². The van der Waals surface area contributed by atoms with E-state index in [-0.39, 0.29) is 0 Å². The van der Waals surface area contributed by atoms with E-state index in [1.165, 1.54) is 30.4 Å². The Morgan fingerprint density at radius 3 is 2.62 bits per heavy atom. The number of nitrogens with two attached hydrogens (primary N) is 1. The second-order valence-electron chi connectivity index (χ2n) is 5.17. The van der Waals surface area contributed by atoms with Crippen LogP contribution in [0.3, 0.4) is 0 Å². The lowest BCUT2D eigenvalue weighted by molar-refractivity contribution is 0.417. The van der Waals surface area contributed by atoms with Crippen LogP contribution in [0.1, 0.15) is 62.5 Å². The summed E-state index contributed by atoms with van der Waals surface area (Å²) < 4.78 is 0.